The molecule has 0 aliphatic rings. The fraction of sp³-hybridized carbons (Fsp3) is 0.667. The number of nitrogens with one attached hydrogen (secondary N) is 1. The molecule has 92 valence electrons. The Kier molecular flexibility index (Phi) is 6.58. The maximum Gasteiger partial charge on any atom is 0.0591 e. The van der Waals surface area contributed by atoms with E-state index in [1.807, 2.05) is 11.3 Å². The second-order valence-corrected chi connectivity index (χ2v) is 6.29. The summed E-state index contributed by atoms with van der Waals surface area (Å²) in [5.41, 5.74) is 0. The van der Waals surface area contributed by atoms with Gasteiger partial charge in [-0.2, -0.15) is 0 Å². The molecule has 0 saturated heterocycles. The smallest absolute Gasteiger partial charge is 0.0591 e. The summed E-state index contributed by atoms with van der Waals surface area (Å²) >= 11 is 5.40. The van der Waals surface area contributed by atoms with Crippen LogP contribution in [0.1, 0.15) is 23.6 Å². The largest absolute Gasteiger partial charge is 0.380 e. The number of thiophene rings is 1. The molecule has 0 aromatic carbocycles. The molecule has 4 heteroatoms. The standard InChI is InChI=1S/C12H20BrNOS/c1-9(2)14-5-7-15-6-4-12-11(13)8-10(3)16-12/h8-9,14H,4-7H2,1-3H3. The van der Waals surface area contributed by atoms with E-state index in [0.717, 1.165) is 26.2 Å². The number of halogens is 1. The van der Waals surface area contributed by atoms with Gasteiger partial charge in [-0.15, -0.1) is 11.3 Å². The van der Waals surface area contributed by atoms with Crippen LogP contribution in [-0.2, 0) is 11.2 Å². The predicted molar refractivity (Wildman–Crippen MR) is 74.4 cm³/mol. The summed E-state index contributed by atoms with van der Waals surface area (Å²) in [5, 5.41) is 3.33. The Morgan fingerprint density at radius 1 is 1.44 bits per heavy atom. The van der Waals surface area contributed by atoms with E-state index < -0.39 is 0 Å². The summed E-state index contributed by atoms with van der Waals surface area (Å²) < 4.78 is 6.80. The Morgan fingerprint density at radius 3 is 2.75 bits per heavy atom. The molecule has 0 unspecified atom stereocenters. The molecule has 1 heterocycles. The summed E-state index contributed by atoms with van der Waals surface area (Å²) in [6.07, 6.45) is 1.00. The second-order valence-electron chi connectivity index (χ2n) is 4.10. The molecule has 0 fully saturated rings. The van der Waals surface area contributed by atoms with Gasteiger partial charge in [-0.05, 0) is 28.9 Å². The molecule has 1 N–H and O–H groups in total. The van der Waals surface area contributed by atoms with Crippen molar-refractivity contribution < 1.29 is 4.74 Å². The molecule has 1 aromatic rings. The van der Waals surface area contributed by atoms with E-state index >= 15 is 0 Å². The minimum Gasteiger partial charge on any atom is -0.380 e. The summed E-state index contributed by atoms with van der Waals surface area (Å²) in [7, 11) is 0. The van der Waals surface area contributed by atoms with Gasteiger partial charge in [0, 0.05) is 33.2 Å². The number of aryl methyl sites for hydroxylation is 1. The van der Waals surface area contributed by atoms with Crippen LogP contribution >= 0.6 is 27.3 Å². The van der Waals surface area contributed by atoms with Crippen molar-refractivity contribution in [3.05, 3.63) is 20.3 Å². The average molecular weight is 306 g/mol. The normalized spacial score (nSPS) is 11.3. The maximum atomic E-state index is 5.58. The Labute approximate surface area is 111 Å². The molecule has 0 atom stereocenters. The quantitative estimate of drug-likeness (QED) is 0.780. The molecule has 1 rings (SSSR count). The molecule has 0 aliphatic heterocycles. The Morgan fingerprint density at radius 2 is 2.19 bits per heavy atom. The lowest BCUT2D eigenvalue weighted by molar-refractivity contribution is 0.138. The Bertz CT molecular complexity index is 312. The zero-order valence-corrected chi connectivity index (χ0v) is 12.6. The zero-order chi connectivity index (χ0) is 12.0. The molecule has 0 amide bonds. The van der Waals surface area contributed by atoms with E-state index in [9.17, 15) is 0 Å². The first-order valence-electron chi connectivity index (χ1n) is 5.65. The van der Waals surface area contributed by atoms with Gasteiger partial charge in [0.15, 0.2) is 0 Å². The summed E-state index contributed by atoms with van der Waals surface area (Å²) in [6.45, 7) is 8.95. The van der Waals surface area contributed by atoms with Gasteiger partial charge in [0.25, 0.3) is 0 Å². The molecule has 0 spiro atoms. The molecule has 0 radical (unpaired) electrons. The number of hydrogen-bond donors (Lipinski definition) is 1. The van der Waals surface area contributed by atoms with Gasteiger partial charge < -0.3 is 10.1 Å². The third-order valence-electron chi connectivity index (χ3n) is 2.15. The second kappa shape index (κ2) is 7.43. The van der Waals surface area contributed by atoms with Crippen LogP contribution in [0.2, 0.25) is 0 Å². The fourth-order valence-electron chi connectivity index (χ4n) is 1.39. The van der Waals surface area contributed by atoms with Crippen molar-refractivity contribution in [2.45, 2.75) is 33.2 Å². The molecule has 0 saturated carbocycles. The van der Waals surface area contributed by atoms with Crippen molar-refractivity contribution in [1.82, 2.24) is 5.32 Å². The Balaban J connectivity index is 2.09. The maximum absolute atomic E-state index is 5.58. The van der Waals surface area contributed by atoms with Crippen molar-refractivity contribution >= 4 is 27.3 Å². The zero-order valence-electron chi connectivity index (χ0n) is 10.2. The average Bonchev–Trinajstić information content (AvgIpc) is 2.50. The van der Waals surface area contributed by atoms with E-state index in [1.54, 1.807) is 0 Å². The van der Waals surface area contributed by atoms with Crippen LogP contribution in [0.4, 0.5) is 0 Å². The van der Waals surface area contributed by atoms with Gasteiger partial charge in [0.05, 0.1) is 13.2 Å². The lowest BCUT2D eigenvalue weighted by atomic mass is 10.3. The first kappa shape index (κ1) is 14.2. The third-order valence-corrected chi connectivity index (χ3v) is 4.23. The van der Waals surface area contributed by atoms with Crippen LogP contribution < -0.4 is 5.32 Å². The van der Waals surface area contributed by atoms with Gasteiger partial charge >= 0.3 is 0 Å². The summed E-state index contributed by atoms with van der Waals surface area (Å²) in [6, 6.07) is 2.71. The van der Waals surface area contributed by atoms with Gasteiger partial charge in [-0.25, -0.2) is 0 Å². The van der Waals surface area contributed by atoms with Crippen molar-refractivity contribution in [2.24, 2.45) is 0 Å². The highest BCUT2D eigenvalue weighted by atomic mass is 79.9. The van der Waals surface area contributed by atoms with Crippen LogP contribution in [0.3, 0.4) is 0 Å². The minimum absolute atomic E-state index is 0.540. The van der Waals surface area contributed by atoms with Gasteiger partial charge in [0.2, 0.25) is 0 Å². The van der Waals surface area contributed by atoms with Gasteiger partial charge in [-0.3, -0.25) is 0 Å². The highest BCUT2D eigenvalue weighted by Gasteiger charge is 2.03. The van der Waals surface area contributed by atoms with Crippen LogP contribution in [0.15, 0.2) is 10.5 Å². The van der Waals surface area contributed by atoms with E-state index in [1.165, 1.54) is 14.2 Å². The SMILES string of the molecule is Cc1cc(Br)c(CCOCCNC(C)C)s1. The van der Waals surface area contributed by atoms with E-state index in [0.29, 0.717) is 6.04 Å². The van der Waals surface area contributed by atoms with E-state index in [-0.39, 0.29) is 0 Å². The van der Waals surface area contributed by atoms with E-state index in [2.05, 4.69) is 48.1 Å². The predicted octanol–water partition coefficient (Wildman–Crippen LogP) is 3.38. The van der Waals surface area contributed by atoms with Crippen molar-refractivity contribution in [3.8, 4) is 0 Å². The molecule has 0 aliphatic carbocycles. The van der Waals surface area contributed by atoms with E-state index in [4.69, 9.17) is 4.74 Å². The lowest BCUT2D eigenvalue weighted by Crippen LogP contribution is -2.26. The number of ether oxygens (including phenoxy) is 1. The molecule has 1 aromatic heterocycles. The topological polar surface area (TPSA) is 21.3 Å². The first-order chi connectivity index (χ1) is 7.59. The Hall–Kier alpha value is 0.1000. The fourth-order valence-corrected chi connectivity index (χ4v) is 3.23. The molecular formula is C12H20BrNOS. The summed E-state index contributed by atoms with van der Waals surface area (Å²) in [5.74, 6) is 0. The molecular weight excluding hydrogens is 286 g/mol. The van der Waals surface area contributed by atoms with Crippen molar-refractivity contribution in [3.63, 3.8) is 0 Å². The highest BCUT2D eigenvalue weighted by molar-refractivity contribution is 9.10. The molecule has 0 bridgehead atoms. The number of rotatable bonds is 7. The van der Waals surface area contributed by atoms with Crippen LogP contribution in [0, 0.1) is 6.92 Å². The van der Waals surface area contributed by atoms with Crippen LogP contribution in [-0.4, -0.2) is 25.8 Å². The van der Waals surface area contributed by atoms with Crippen molar-refractivity contribution in [1.29, 1.82) is 0 Å². The third kappa shape index (κ3) is 5.43. The monoisotopic (exact) mass is 305 g/mol. The summed E-state index contributed by atoms with van der Waals surface area (Å²) in [4.78, 5) is 2.73. The van der Waals surface area contributed by atoms with Gasteiger partial charge in [-0.1, -0.05) is 13.8 Å². The van der Waals surface area contributed by atoms with Crippen LogP contribution in [0.25, 0.3) is 0 Å². The number of hydrogen-bond acceptors (Lipinski definition) is 3. The first-order valence-corrected chi connectivity index (χ1v) is 7.26. The molecule has 16 heavy (non-hydrogen) atoms. The highest BCUT2D eigenvalue weighted by Crippen LogP contribution is 2.27. The lowest BCUT2D eigenvalue weighted by Gasteiger charge is -2.08. The minimum atomic E-state index is 0.540. The molecule has 2 nitrogen and oxygen atoms in total. The van der Waals surface area contributed by atoms with Gasteiger partial charge in [0.1, 0.15) is 0 Å². The van der Waals surface area contributed by atoms with Crippen LogP contribution in [0.5, 0.6) is 0 Å². The van der Waals surface area contributed by atoms with Crippen molar-refractivity contribution in [2.75, 3.05) is 19.8 Å².